The lowest BCUT2D eigenvalue weighted by Crippen LogP contribution is -1.94. The molecule has 0 amide bonds. The predicted octanol–water partition coefficient (Wildman–Crippen LogP) is 4.40. The molecule has 0 aliphatic heterocycles. The molecule has 0 fully saturated rings. The van der Waals surface area contributed by atoms with Crippen LogP contribution in [0.2, 0.25) is 10.2 Å². The van der Waals surface area contributed by atoms with Gasteiger partial charge in [-0.05, 0) is 33.6 Å². The van der Waals surface area contributed by atoms with Crippen molar-refractivity contribution in [3.8, 4) is 11.1 Å². The standard InChI is InChI=1S/C11H7BrCl2N2/c12-9-10(15)8(5-16-11(9)14)6-2-1-3-7(13)4-6/h1-5H,(H2,15,16). The number of rotatable bonds is 1. The molecule has 5 heteroatoms. The molecule has 2 N–H and O–H groups in total. The third-order valence-electron chi connectivity index (χ3n) is 2.15. The molecule has 0 unspecified atom stereocenters. The Balaban J connectivity index is 2.61. The van der Waals surface area contributed by atoms with Crippen LogP contribution in [-0.4, -0.2) is 4.98 Å². The van der Waals surface area contributed by atoms with Crippen molar-refractivity contribution in [3.05, 3.63) is 45.1 Å². The van der Waals surface area contributed by atoms with Gasteiger partial charge in [0.1, 0.15) is 5.15 Å². The normalized spacial score (nSPS) is 10.4. The fourth-order valence-electron chi connectivity index (χ4n) is 1.36. The first-order chi connectivity index (χ1) is 7.59. The summed E-state index contributed by atoms with van der Waals surface area (Å²) in [5.74, 6) is 0. The van der Waals surface area contributed by atoms with Crippen LogP contribution in [0, 0.1) is 0 Å². The molecule has 0 radical (unpaired) electrons. The summed E-state index contributed by atoms with van der Waals surface area (Å²) in [5, 5.41) is 1.01. The minimum absolute atomic E-state index is 0.350. The zero-order valence-electron chi connectivity index (χ0n) is 8.05. The van der Waals surface area contributed by atoms with Gasteiger partial charge in [0.2, 0.25) is 0 Å². The smallest absolute Gasteiger partial charge is 0.145 e. The first kappa shape index (κ1) is 11.7. The second-order valence-electron chi connectivity index (χ2n) is 3.20. The lowest BCUT2D eigenvalue weighted by Gasteiger charge is -2.08. The van der Waals surface area contributed by atoms with Gasteiger partial charge in [0.15, 0.2) is 0 Å². The Kier molecular flexibility index (Phi) is 3.38. The van der Waals surface area contributed by atoms with Crippen molar-refractivity contribution in [1.29, 1.82) is 0 Å². The summed E-state index contributed by atoms with van der Waals surface area (Å²) in [6, 6.07) is 7.41. The highest BCUT2D eigenvalue weighted by molar-refractivity contribution is 9.10. The molecule has 0 aliphatic rings. The molecule has 0 bridgehead atoms. The van der Waals surface area contributed by atoms with Crippen LogP contribution in [-0.2, 0) is 0 Å². The molecule has 1 aromatic heterocycles. The van der Waals surface area contributed by atoms with Gasteiger partial charge in [-0.2, -0.15) is 0 Å². The molecule has 2 rings (SSSR count). The van der Waals surface area contributed by atoms with Crippen molar-refractivity contribution in [2.75, 3.05) is 5.73 Å². The van der Waals surface area contributed by atoms with Gasteiger partial charge >= 0.3 is 0 Å². The summed E-state index contributed by atoms with van der Waals surface area (Å²) in [6.07, 6.45) is 1.63. The topological polar surface area (TPSA) is 38.9 Å². The fourth-order valence-corrected chi connectivity index (χ4v) is 2.02. The molecule has 2 aromatic rings. The summed E-state index contributed by atoms with van der Waals surface area (Å²) in [6.45, 7) is 0. The van der Waals surface area contributed by atoms with E-state index in [-0.39, 0.29) is 0 Å². The second-order valence-corrected chi connectivity index (χ2v) is 4.79. The van der Waals surface area contributed by atoms with Crippen molar-refractivity contribution < 1.29 is 0 Å². The van der Waals surface area contributed by atoms with Crippen molar-refractivity contribution >= 4 is 44.8 Å². The SMILES string of the molecule is Nc1c(-c2cccc(Cl)c2)cnc(Cl)c1Br. The molecule has 0 spiro atoms. The van der Waals surface area contributed by atoms with E-state index in [1.165, 1.54) is 0 Å². The second kappa shape index (κ2) is 4.62. The van der Waals surface area contributed by atoms with Gasteiger partial charge in [0, 0.05) is 16.8 Å². The van der Waals surface area contributed by atoms with Crippen molar-refractivity contribution in [2.24, 2.45) is 0 Å². The van der Waals surface area contributed by atoms with Crippen LogP contribution in [0.25, 0.3) is 11.1 Å². The minimum Gasteiger partial charge on any atom is -0.397 e. The van der Waals surface area contributed by atoms with E-state index in [0.717, 1.165) is 11.1 Å². The number of nitrogens with two attached hydrogens (primary N) is 1. The highest BCUT2D eigenvalue weighted by Gasteiger charge is 2.10. The predicted molar refractivity (Wildman–Crippen MR) is 71.8 cm³/mol. The maximum atomic E-state index is 5.95. The van der Waals surface area contributed by atoms with E-state index >= 15 is 0 Å². The van der Waals surface area contributed by atoms with Crippen LogP contribution in [0.5, 0.6) is 0 Å². The zero-order valence-corrected chi connectivity index (χ0v) is 11.1. The van der Waals surface area contributed by atoms with E-state index in [9.17, 15) is 0 Å². The van der Waals surface area contributed by atoms with Crippen LogP contribution in [0.15, 0.2) is 34.9 Å². The number of halogens is 3. The Bertz CT molecular complexity index is 544. The largest absolute Gasteiger partial charge is 0.397 e. The maximum Gasteiger partial charge on any atom is 0.145 e. The van der Waals surface area contributed by atoms with Gasteiger partial charge in [-0.15, -0.1) is 0 Å². The van der Waals surface area contributed by atoms with Gasteiger partial charge in [-0.25, -0.2) is 4.98 Å². The maximum absolute atomic E-state index is 5.95. The summed E-state index contributed by atoms with van der Waals surface area (Å²) < 4.78 is 0.603. The van der Waals surface area contributed by atoms with E-state index in [2.05, 4.69) is 20.9 Å². The molecule has 0 atom stereocenters. The lowest BCUT2D eigenvalue weighted by molar-refractivity contribution is 1.31. The Morgan fingerprint density at radius 1 is 1.25 bits per heavy atom. The summed E-state index contributed by atoms with van der Waals surface area (Å²) in [5.41, 5.74) is 8.23. The van der Waals surface area contributed by atoms with Gasteiger partial charge in [-0.1, -0.05) is 35.3 Å². The molecule has 1 aromatic carbocycles. The van der Waals surface area contributed by atoms with Crippen LogP contribution in [0.1, 0.15) is 0 Å². The number of benzene rings is 1. The Labute approximate surface area is 112 Å². The molecule has 0 aliphatic carbocycles. The average Bonchev–Trinajstić information content (AvgIpc) is 2.26. The van der Waals surface area contributed by atoms with Crippen molar-refractivity contribution in [3.63, 3.8) is 0 Å². The third-order valence-corrected chi connectivity index (χ3v) is 3.70. The molecule has 0 saturated carbocycles. The van der Waals surface area contributed by atoms with Gasteiger partial charge in [0.25, 0.3) is 0 Å². The number of nitrogens with zero attached hydrogens (tertiary/aromatic N) is 1. The molecule has 16 heavy (non-hydrogen) atoms. The van der Waals surface area contributed by atoms with Crippen molar-refractivity contribution in [1.82, 2.24) is 4.98 Å². The van der Waals surface area contributed by atoms with Gasteiger partial charge in [-0.3, -0.25) is 0 Å². The van der Waals surface area contributed by atoms with E-state index in [0.29, 0.717) is 20.3 Å². The molecule has 2 nitrogen and oxygen atoms in total. The quantitative estimate of drug-likeness (QED) is 0.792. The third kappa shape index (κ3) is 2.17. The van der Waals surface area contributed by atoms with E-state index in [1.54, 1.807) is 12.3 Å². The Morgan fingerprint density at radius 3 is 2.69 bits per heavy atom. The molecule has 1 heterocycles. The zero-order chi connectivity index (χ0) is 11.7. The van der Waals surface area contributed by atoms with Gasteiger partial charge < -0.3 is 5.73 Å². The number of hydrogen-bond acceptors (Lipinski definition) is 2. The van der Waals surface area contributed by atoms with Crippen molar-refractivity contribution in [2.45, 2.75) is 0 Å². The first-order valence-electron chi connectivity index (χ1n) is 4.45. The fraction of sp³-hybridized carbons (Fsp3) is 0. The Morgan fingerprint density at radius 2 is 2.00 bits per heavy atom. The van der Waals surface area contributed by atoms with E-state index in [1.807, 2.05) is 18.2 Å². The molecule has 0 saturated heterocycles. The monoisotopic (exact) mass is 316 g/mol. The number of pyridine rings is 1. The average molecular weight is 318 g/mol. The van der Waals surface area contributed by atoms with Crippen LogP contribution in [0.3, 0.4) is 0 Å². The highest BCUT2D eigenvalue weighted by Crippen LogP contribution is 2.35. The number of anilines is 1. The van der Waals surface area contributed by atoms with E-state index < -0.39 is 0 Å². The molecule has 82 valence electrons. The lowest BCUT2D eigenvalue weighted by atomic mass is 10.1. The number of nitrogen functional groups attached to an aromatic ring is 1. The molecular formula is C11H7BrCl2N2. The van der Waals surface area contributed by atoms with Gasteiger partial charge in [0.05, 0.1) is 10.2 Å². The number of aromatic nitrogens is 1. The first-order valence-corrected chi connectivity index (χ1v) is 6.00. The highest BCUT2D eigenvalue weighted by atomic mass is 79.9. The van der Waals surface area contributed by atoms with E-state index in [4.69, 9.17) is 28.9 Å². The molecular weight excluding hydrogens is 311 g/mol. The number of hydrogen-bond donors (Lipinski definition) is 1. The Hall–Kier alpha value is -0.770. The van der Waals surface area contributed by atoms with Crippen LogP contribution < -0.4 is 5.73 Å². The summed E-state index contributed by atoms with van der Waals surface area (Å²) in [4.78, 5) is 4.04. The van der Waals surface area contributed by atoms with Crippen LogP contribution >= 0.6 is 39.1 Å². The summed E-state index contributed by atoms with van der Waals surface area (Å²) in [7, 11) is 0. The minimum atomic E-state index is 0.350. The summed E-state index contributed by atoms with van der Waals surface area (Å²) >= 11 is 15.1. The van der Waals surface area contributed by atoms with Crippen LogP contribution in [0.4, 0.5) is 5.69 Å².